The molecule has 9 rings (SSSR count). The molecule has 0 aliphatic carbocycles. The van der Waals surface area contributed by atoms with Crippen molar-refractivity contribution in [2.75, 3.05) is 0 Å². The Morgan fingerprint density at radius 3 is 1.41 bits per heavy atom. The van der Waals surface area contributed by atoms with Crippen LogP contribution in [0.2, 0.25) is 0 Å². The van der Waals surface area contributed by atoms with Crippen molar-refractivity contribution in [1.82, 2.24) is 0 Å². The van der Waals surface area contributed by atoms with Crippen molar-refractivity contribution >= 4 is 96.8 Å². The Morgan fingerprint density at radius 1 is 0.364 bits per heavy atom. The van der Waals surface area contributed by atoms with Crippen LogP contribution in [0.25, 0.3) is 62.2 Å². The molecule has 0 N–H and O–H groups in total. The van der Waals surface area contributed by atoms with Crippen molar-refractivity contribution < 1.29 is 4.57 Å². The smallest absolute Gasteiger partial charge is 0.171 e. The number of hydrogen-bond acceptors (Lipinski definition) is 3. The SMILES string of the molecule is O=P(c1ccccc1)(c1ccccc1)c1ccc2sc3ccc(-c4ccc5sc6cc7ccccc7cc6c5c4)cc3c2c1. The minimum Gasteiger partial charge on any atom is -0.309 e. The van der Waals surface area contributed by atoms with Crippen LogP contribution in [0.1, 0.15) is 0 Å². The highest BCUT2D eigenvalue weighted by molar-refractivity contribution is 7.85. The quantitative estimate of drug-likeness (QED) is 0.180. The summed E-state index contributed by atoms with van der Waals surface area (Å²) in [6, 6.07) is 53.2. The molecule has 44 heavy (non-hydrogen) atoms. The van der Waals surface area contributed by atoms with Gasteiger partial charge in [-0.1, -0.05) is 97.1 Å². The van der Waals surface area contributed by atoms with Gasteiger partial charge in [-0.25, -0.2) is 0 Å². The standard InChI is InChI=1S/C40H25OPS2/c41-42(30-11-3-1-4-12-30,31-13-5-2-6-14-31)32-17-20-39-36(25-32)34-23-29(15-18-37(34)43-39)28-16-19-38-33(22-28)35-21-26-9-7-8-10-27(26)24-40(35)44-38/h1-25H. The highest BCUT2D eigenvalue weighted by Crippen LogP contribution is 2.45. The topological polar surface area (TPSA) is 17.1 Å². The fourth-order valence-electron chi connectivity index (χ4n) is 6.51. The van der Waals surface area contributed by atoms with Gasteiger partial charge in [-0.3, -0.25) is 0 Å². The summed E-state index contributed by atoms with van der Waals surface area (Å²) in [5, 5.41) is 10.1. The fraction of sp³-hybridized carbons (Fsp3) is 0. The number of rotatable bonds is 4. The molecule has 0 radical (unpaired) electrons. The molecule has 0 bridgehead atoms. The van der Waals surface area contributed by atoms with E-state index < -0.39 is 7.14 Å². The molecular weight excluding hydrogens is 592 g/mol. The molecule has 2 heterocycles. The third kappa shape index (κ3) is 4.01. The van der Waals surface area contributed by atoms with Gasteiger partial charge in [-0.15, -0.1) is 22.7 Å². The van der Waals surface area contributed by atoms with Crippen molar-refractivity contribution in [3.05, 3.63) is 152 Å². The summed E-state index contributed by atoms with van der Waals surface area (Å²) in [4.78, 5) is 0. The molecule has 2 aromatic heterocycles. The van der Waals surface area contributed by atoms with Gasteiger partial charge in [0.25, 0.3) is 0 Å². The second kappa shape index (κ2) is 10.0. The Morgan fingerprint density at radius 2 is 0.818 bits per heavy atom. The van der Waals surface area contributed by atoms with E-state index in [4.69, 9.17) is 0 Å². The van der Waals surface area contributed by atoms with E-state index in [1.165, 1.54) is 56.9 Å². The van der Waals surface area contributed by atoms with E-state index in [2.05, 4.69) is 91.0 Å². The zero-order valence-electron chi connectivity index (χ0n) is 23.6. The highest BCUT2D eigenvalue weighted by atomic mass is 32.1. The molecule has 0 unspecified atom stereocenters. The Hall–Kier alpha value is -4.53. The van der Waals surface area contributed by atoms with Gasteiger partial charge in [0.1, 0.15) is 0 Å². The molecule has 0 fully saturated rings. The predicted molar refractivity (Wildman–Crippen MR) is 195 cm³/mol. The lowest BCUT2D eigenvalue weighted by atomic mass is 10.00. The summed E-state index contributed by atoms with van der Waals surface area (Å²) in [5.41, 5.74) is 2.40. The van der Waals surface area contributed by atoms with E-state index in [9.17, 15) is 0 Å². The summed E-state index contributed by atoms with van der Waals surface area (Å²) in [6.07, 6.45) is 0. The average Bonchev–Trinajstić information content (AvgIpc) is 3.64. The third-order valence-corrected chi connectivity index (χ3v) is 14.1. The molecular formula is C40H25OPS2. The monoisotopic (exact) mass is 616 g/mol. The molecule has 0 aliphatic rings. The molecule has 0 amide bonds. The average molecular weight is 617 g/mol. The maximum atomic E-state index is 15.1. The first kappa shape index (κ1) is 25.9. The minimum atomic E-state index is -3.06. The van der Waals surface area contributed by atoms with Gasteiger partial charge < -0.3 is 4.57 Å². The number of benzene rings is 7. The van der Waals surface area contributed by atoms with Gasteiger partial charge in [0.05, 0.1) is 0 Å². The van der Waals surface area contributed by atoms with E-state index in [1.807, 2.05) is 72.0 Å². The van der Waals surface area contributed by atoms with Crippen LogP contribution in [0.4, 0.5) is 0 Å². The van der Waals surface area contributed by atoms with Gasteiger partial charge in [0, 0.05) is 56.3 Å². The Balaban J connectivity index is 1.22. The maximum Gasteiger partial charge on any atom is 0.171 e. The molecule has 7 aromatic carbocycles. The highest BCUT2D eigenvalue weighted by Gasteiger charge is 2.30. The summed E-state index contributed by atoms with van der Waals surface area (Å²) in [6.45, 7) is 0. The van der Waals surface area contributed by atoms with Gasteiger partial charge in [0.2, 0.25) is 0 Å². The largest absolute Gasteiger partial charge is 0.309 e. The second-order valence-corrected chi connectivity index (χ2v) is 16.2. The molecule has 208 valence electrons. The molecule has 9 aromatic rings. The van der Waals surface area contributed by atoms with Gasteiger partial charge in [-0.2, -0.15) is 0 Å². The summed E-state index contributed by atoms with van der Waals surface area (Å²) in [7, 11) is -3.06. The lowest BCUT2D eigenvalue weighted by Crippen LogP contribution is -2.24. The first-order valence-corrected chi connectivity index (χ1v) is 18.0. The fourth-order valence-corrected chi connectivity index (χ4v) is 11.4. The van der Waals surface area contributed by atoms with Crippen LogP contribution in [0.15, 0.2) is 152 Å². The van der Waals surface area contributed by atoms with Crippen molar-refractivity contribution in [3.8, 4) is 11.1 Å². The van der Waals surface area contributed by atoms with Crippen molar-refractivity contribution in [3.63, 3.8) is 0 Å². The number of fused-ring (bicyclic) bond motifs is 7. The zero-order valence-corrected chi connectivity index (χ0v) is 26.1. The molecule has 0 saturated carbocycles. The first-order chi connectivity index (χ1) is 21.6. The first-order valence-electron chi connectivity index (χ1n) is 14.7. The van der Waals surface area contributed by atoms with Crippen LogP contribution in [-0.2, 0) is 4.57 Å². The number of hydrogen-bond donors (Lipinski definition) is 0. The summed E-state index contributed by atoms with van der Waals surface area (Å²) >= 11 is 3.66. The summed E-state index contributed by atoms with van der Waals surface area (Å²) in [5.74, 6) is 0. The lowest BCUT2D eigenvalue weighted by Gasteiger charge is -2.20. The molecule has 4 heteroatoms. The second-order valence-electron chi connectivity index (χ2n) is 11.3. The minimum absolute atomic E-state index is 0.856. The molecule has 1 nitrogen and oxygen atoms in total. The van der Waals surface area contributed by atoms with E-state index in [1.54, 1.807) is 11.3 Å². The van der Waals surface area contributed by atoms with Crippen LogP contribution < -0.4 is 15.9 Å². The predicted octanol–water partition coefficient (Wildman–Crippen LogP) is 10.9. The molecule has 0 spiro atoms. The Labute approximate surface area is 263 Å². The number of thiophene rings is 2. The maximum absolute atomic E-state index is 15.1. The van der Waals surface area contributed by atoms with Crippen LogP contribution in [0.5, 0.6) is 0 Å². The third-order valence-electron chi connectivity index (χ3n) is 8.73. The van der Waals surface area contributed by atoms with Gasteiger partial charge >= 0.3 is 0 Å². The zero-order chi connectivity index (χ0) is 29.3. The van der Waals surface area contributed by atoms with Crippen LogP contribution in [-0.4, -0.2) is 0 Å². The Kier molecular flexibility index (Phi) is 5.90. The van der Waals surface area contributed by atoms with E-state index in [-0.39, 0.29) is 0 Å². The molecule has 0 saturated heterocycles. The van der Waals surface area contributed by atoms with Crippen LogP contribution >= 0.6 is 29.8 Å². The molecule has 0 aliphatic heterocycles. The van der Waals surface area contributed by atoms with Crippen LogP contribution in [0, 0.1) is 0 Å². The van der Waals surface area contributed by atoms with E-state index >= 15 is 4.57 Å². The lowest BCUT2D eigenvalue weighted by molar-refractivity contribution is 0.592. The van der Waals surface area contributed by atoms with Crippen LogP contribution in [0.3, 0.4) is 0 Å². The Bertz CT molecular complexity index is 2540. The van der Waals surface area contributed by atoms with E-state index in [0.29, 0.717) is 0 Å². The van der Waals surface area contributed by atoms with Crippen molar-refractivity contribution in [1.29, 1.82) is 0 Å². The summed E-state index contributed by atoms with van der Waals surface area (Å²) < 4.78 is 20.2. The van der Waals surface area contributed by atoms with Gasteiger partial charge in [0.15, 0.2) is 7.14 Å². The van der Waals surface area contributed by atoms with Crippen molar-refractivity contribution in [2.45, 2.75) is 0 Å². The van der Waals surface area contributed by atoms with Crippen molar-refractivity contribution in [2.24, 2.45) is 0 Å². The molecule has 0 atom stereocenters. The normalized spacial score (nSPS) is 12.2. The van der Waals surface area contributed by atoms with E-state index in [0.717, 1.165) is 21.3 Å². The van der Waals surface area contributed by atoms with Gasteiger partial charge in [-0.05, 0) is 76.5 Å².